The fourth-order valence-corrected chi connectivity index (χ4v) is 4.74. The Balaban J connectivity index is 1.60. The SMILES string of the molecule is O=C(O)c1coc(C(=O)N2CC3CC4CC(C3)CC2C4)c1. The number of aromatic carboxylic acids is 1. The molecule has 5 nitrogen and oxygen atoms in total. The molecule has 5 heteroatoms. The minimum absolute atomic E-state index is 0.0407. The Labute approximate surface area is 122 Å². The molecule has 2 unspecified atom stereocenters. The number of amides is 1. The molecule has 1 amide bonds. The summed E-state index contributed by atoms with van der Waals surface area (Å²) < 4.78 is 5.20. The Bertz CT molecular complexity index is 579. The zero-order valence-electron chi connectivity index (χ0n) is 11.8. The van der Waals surface area contributed by atoms with Gasteiger partial charge in [-0.05, 0) is 49.9 Å². The first kappa shape index (κ1) is 12.9. The van der Waals surface area contributed by atoms with Gasteiger partial charge in [0.25, 0.3) is 5.91 Å². The van der Waals surface area contributed by atoms with E-state index in [1.807, 2.05) is 4.90 Å². The summed E-state index contributed by atoms with van der Waals surface area (Å²) in [5.74, 6) is 1.12. The molecule has 1 aromatic heterocycles. The monoisotopic (exact) mass is 289 g/mol. The van der Waals surface area contributed by atoms with Crippen molar-refractivity contribution < 1.29 is 19.1 Å². The smallest absolute Gasteiger partial charge is 0.338 e. The van der Waals surface area contributed by atoms with Crippen LogP contribution in [-0.4, -0.2) is 34.5 Å². The van der Waals surface area contributed by atoms with E-state index < -0.39 is 5.97 Å². The molecular weight excluding hydrogens is 270 g/mol. The van der Waals surface area contributed by atoms with Crippen molar-refractivity contribution in [1.29, 1.82) is 0 Å². The fourth-order valence-electron chi connectivity index (χ4n) is 4.74. The lowest BCUT2D eigenvalue weighted by Gasteiger charge is -2.38. The van der Waals surface area contributed by atoms with Crippen LogP contribution < -0.4 is 0 Å². The van der Waals surface area contributed by atoms with Crippen molar-refractivity contribution in [3.05, 3.63) is 23.7 Å². The van der Waals surface area contributed by atoms with Crippen LogP contribution in [0.5, 0.6) is 0 Å². The number of rotatable bonds is 2. The lowest BCUT2D eigenvalue weighted by molar-refractivity contribution is 0.0600. The third-order valence-corrected chi connectivity index (χ3v) is 5.42. The largest absolute Gasteiger partial charge is 0.478 e. The molecule has 21 heavy (non-hydrogen) atoms. The molecule has 0 spiro atoms. The predicted molar refractivity (Wildman–Crippen MR) is 74.0 cm³/mol. The van der Waals surface area contributed by atoms with Crippen molar-refractivity contribution in [2.75, 3.05) is 6.54 Å². The van der Waals surface area contributed by atoms with Gasteiger partial charge in [0.1, 0.15) is 6.26 Å². The fraction of sp³-hybridized carbons (Fsp3) is 0.625. The molecule has 3 heterocycles. The van der Waals surface area contributed by atoms with Gasteiger partial charge in [0, 0.05) is 18.7 Å². The van der Waals surface area contributed by atoms with E-state index in [1.165, 1.54) is 25.3 Å². The molecule has 1 N–H and O–H groups in total. The number of carboxylic acid groups (broad SMARTS) is 1. The summed E-state index contributed by atoms with van der Waals surface area (Å²) in [5, 5.41) is 8.94. The van der Waals surface area contributed by atoms with Crippen molar-refractivity contribution in [3.8, 4) is 0 Å². The minimum atomic E-state index is -1.06. The second-order valence-electron chi connectivity index (χ2n) is 6.89. The van der Waals surface area contributed by atoms with Crippen LogP contribution >= 0.6 is 0 Å². The first-order chi connectivity index (χ1) is 10.1. The van der Waals surface area contributed by atoms with Gasteiger partial charge in [-0.15, -0.1) is 0 Å². The van der Waals surface area contributed by atoms with Crippen LogP contribution in [0, 0.1) is 17.8 Å². The predicted octanol–water partition coefficient (Wildman–Crippen LogP) is 2.63. The van der Waals surface area contributed by atoms with Gasteiger partial charge in [-0.2, -0.15) is 0 Å². The van der Waals surface area contributed by atoms with Crippen LogP contribution in [0.1, 0.15) is 53.0 Å². The molecular formula is C16H19NO4. The van der Waals surface area contributed by atoms with Gasteiger partial charge in [-0.3, -0.25) is 4.79 Å². The summed E-state index contributed by atoms with van der Waals surface area (Å²) in [5.41, 5.74) is 0.0407. The summed E-state index contributed by atoms with van der Waals surface area (Å²) in [7, 11) is 0. The van der Waals surface area contributed by atoms with E-state index in [2.05, 4.69) is 0 Å². The third kappa shape index (κ3) is 2.15. The highest BCUT2D eigenvalue weighted by atomic mass is 16.4. The Hall–Kier alpha value is -1.78. The van der Waals surface area contributed by atoms with Crippen LogP contribution in [0.25, 0.3) is 0 Å². The highest BCUT2D eigenvalue weighted by Crippen LogP contribution is 2.47. The van der Waals surface area contributed by atoms with Crippen LogP contribution in [0.4, 0.5) is 0 Å². The van der Waals surface area contributed by atoms with Crippen LogP contribution in [0.2, 0.25) is 0 Å². The van der Waals surface area contributed by atoms with E-state index in [1.54, 1.807) is 0 Å². The zero-order chi connectivity index (χ0) is 14.6. The lowest BCUT2D eigenvalue weighted by Crippen LogP contribution is -2.42. The molecule has 2 saturated carbocycles. The van der Waals surface area contributed by atoms with Crippen molar-refractivity contribution in [3.63, 3.8) is 0 Å². The molecule has 2 aliphatic heterocycles. The molecule has 2 aliphatic carbocycles. The Morgan fingerprint density at radius 2 is 1.76 bits per heavy atom. The Kier molecular flexibility index (Phi) is 2.84. The van der Waals surface area contributed by atoms with Crippen molar-refractivity contribution in [1.82, 2.24) is 4.90 Å². The molecule has 1 aromatic rings. The summed E-state index contributed by atoms with van der Waals surface area (Å²) in [4.78, 5) is 25.6. The first-order valence-electron chi connectivity index (χ1n) is 7.73. The highest BCUT2D eigenvalue weighted by molar-refractivity contribution is 5.95. The van der Waals surface area contributed by atoms with E-state index in [0.29, 0.717) is 12.0 Å². The standard InChI is InChI=1S/C16H19NO4/c18-15(14-6-12(8-21-14)16(19)20)17-7-11-2-9-1-10(3-11)5-13(17)4-9/h6,8-11,13H,1-5,7H2,(H,19,20). The van der Waals surface area contributed by atoms with Crippen LogP contribution in [-0.2, 0) is 0 Å². The lowest BCUT2D eigenvalue weighted by atomic mass is 9.68. The number of hydrogen-bond donors (Lipinski definition) is 1. The summed E-state index contributed by atoms with van der Waals surface area (Å²) in [6, 6.07) is 1.66. The van der Waals surface area contributed by atoms with E-state index in [9.17, 15) is 9.59 Å². The topological polar surface area (TPSA) is 70.7 Å². The molecule has 5 rings (SSSR count). The maximum absolute atomic E-state index is 12.7. The molecule has 0 aromatic carbocycles. The zero-order valence-corrected chi connectivity index (χ0v) is 11.8. The van der Waals surface area contributed by atoms with E-state index in [0.717, 1.165) is 37.5 Å². The van der Waals surface area contributed by atoms with Gasteiger partial charge >= 0.3 is 5.97 Å². The number of furan rings is 1. The van der Waals surface area contributed by atoms with Gasteiger partial charge < -0.3 is 14.4 Å². The Morgan fingerprint density at radius 3 is 2.38 bits per heavy atom. The highest BCUT2D eigenvalue weighted by Gasteiger charge is 2.44. The normalized spacial score (nSPS) is 34.0. The van der Waals surface area contributed by atoms with Gasteiger partial charge in [0.05, 0.1) is 5.56 Å². The van der Waals surface area contributed by atoms with Crippen LogP contribution in [0.15, 0.2) is 16.7 Å². The summed E-state index contributed by atoms with van der Waals surface area (Å²) in [6.07, 6.45) is 7.18. The quantitative estimate of drug-likeness (QED) is 0.908. The second kappa shape index (κ2) is 4.61. The first-order valence-corrected chi connectivity index (χ1v) is 7.73. The average molecular weight is 289 g/mol. The maximum atomic E-state index is 12.7. The molecule has 112 valence electrons. The molecule has 0 radical (unpaired) electrons. The van der Waals surface area contributed by atoms with E-state index in [4.69, 9.17) is 9.52 Å². The third-order valence-electron chi connectivity index (χ3n) is 5.42. The summed E-state index contributed by atoms with van der Waals surface area (Å²) >= 11 is 0. The average Bonchev–Trinajstić information content (AvgIpc) is 2.85. The van der Waals surface area contributed by atoms with Crippen molar-refractivity contribution in [2.45, 2.75) is 38.1 Å². The minimum Gasteiger partial charge on any atom is -0.478 e. The Morgan fingerprint density at radius 1 is 1.10 bits per heavy atom. The molecule has 4 fully saturated rings. The number of nitrogens with zero attached hydrogens (tertiary/aromatic N) is 1. The number of hydrogen-bond acceptors (Lipinski definition) is 3. The maximum Gasteiger partial charge on any atom is 0.338 e. The van der Waals surface area contributed by atoms with Gasteiger partial charge in [0.2, 0.25) is 0 Å². The van der Waals surface area contributed by atoms with Crippen molar-refractivity contribution >= 4 is 11.9 Å². The number of carbonyl (C=O) groups is 2. The molecule has 2 atom stereocenters. The van der Waals surface area contributed by atoms with Gasteiger partial charge in [-0.25, -0.2) is 4.79 Å². The second-order valence-corrected chi connectivity index (χ2v) is 6.89. The van der Waals surface area contributed by atoms with Gasteiger partial charge in [-0.1, -0.05) is 0 Å². The number of carboxylic acids is 1. The molecule has 2 saturated heterocycles. The summed E-state index contributed by atoms with van der Waals surface area (Å²) in [6.45, 7) is 0.805. The number of carbonyl (C=O) groups excluding carboxylic acids is 1. The van der Waals surface area contributed by atoms with Crippen LogP contribution in [0.3, 0.4) is 0 Å². The van der Waals surface area contributed by atoms with Gasteiger partial charge in [0.15, 0.2) is 5.76 Å². The van der Waals surface area contributed by atoms with Crippen molar-refractivity contribution in [2.24, 2.45) is 17.8 Å². The number of fused-ring (bicyclic) bond motifs is 1. The van der Waals surface area contributed by atoms with E-state index in [-0.39, 0.29) is 17.2 Å². The molecule has 4 bridgehead atoms. The molecule has 4 aliphatic rings. The van der Waals surface area contributed by atoms with E-state index >= 15 is 0 Å².